The fourth-order valence-electron chi connectivity index (χ4n) is 3.61. The molecule has 0 aliphatic carbocycles. The number of hydrogen-bond acceptors (Lipinski definition) is 3. The van der Waals surface area contributed by atoms with Gasteiger partial charge in [0.05, 0.1) is 6.54 Å². The van der Waals surface area contributed by atoms with Gasteiger partial charge in [0.25, 0.3) is 0 Å². The summed E-state index contributed by atoms with van der Waals surface area (Å²) in [5, 5.41) is 12.2. The van der Waals surface area contributed by atoms with Crippen molar-refractivity contribution in [3.63, 3.8) is 0 Å². The van der Waals surface area contributed by atoms with E-state index in [0.29, 0.717) is 6.54 Å². The minimum atomic E-state index is -0.214. The summed E-state index contributed by atoms with van der Waals surface area (Å²) in [5.74, 6) is 2.43. The van der Waals surface area contributed by atoms with Crippen molar-refractivity contribution in [3.8, 4) is 0 Å². The van der Waals surface area contributed by atoms with E-state index in [1.165, 1.54) is 6.07 Å². The highest BCUT2D eigenvalue weighted by molar-refractivity contribution is 5.83. The number of nitrogens with zero attached hydrogens (tertiary/aromatic N) is 4. The van der Waals surface area contributed by atoms with Crippen molar-refractivity contribution in [3.05, 3.63) is 47.4 Å². The molecule has 1 aromatic carbocycles. The summed E-state index contributed by atoms with van der Waals surface area (Å²) < 4.78 is 15.5. The monoisotopic (exact) mass is 369 g/mol. The van der Waals surface area contributed by atoms with Gasteiger partial charge in [0, 0.05) is 43.2 Å². The van der Waals surface area contributed by atoms with Gasteiger partial charge in [-0.05, 0) is 43.5 Å². The number of nitrogens with one attached hydrogen (secondary N) is 3. The van der Waals surface area contributed by atoms with E-state index in [9.17, 15) is 4.39 Å². The van der Waals surface area contributed by atoms with Crippen LogP contribution in [0.4, 0.5) is 4.39 Å². The second-order valence-electron chi connectivity index (χ2n) is 6.89. The topological polar surface area (TPSA) is 82.9 Å². The maximum absolute atomic E-state index is 13.5. The molecule has 3 heterocycles. The molecule has 142 valence electrons. The predicted octanol–water partition coefficient (Wildman–Crippen LogP) is 1.93. The molecule has 27 heavy (non-hydrogen) atoms. The summed E-state index contributed by atoms with van der Waals surface area (Å²) in [5.41, 5.74) is 2.04. The number of fused-ring (bicyclic) bond motifs is 2. The number of aliphatic imine (C=N–C) groups is 1. The normalized spacial score (nSPS) is 17.1. The van der Waals surface area contributed by atoms with Gasteiger partial charge >= 0.3 is 0 Å². The maximum atomic E-state index is 13.5. The molecular formula is C19H24FN7. The van der Waals surface area contributed by atoms with E-state index in [0.717, 1.165) is 59.9 Å². The van der Waals surface area contributed by atoms with Crippen LogP contribution in [0.3, 0.4) is 0 Å². The van der Waals surface area contributed by atoms with Crippen molar-refractivity contribution in [1.29, 1.82) is 0 Å². The second-order valence-corrected chi connectivity index (χ2v) is 6.89. The number of hydrogen-bond donors (Lipinski definition) is 3. The number of aryl methyl sites for hydroxylation is 2. The smallest absolute Gasteiger partial charge is 0.191 e. The van der Waals surface area contributed by atoms with Crippen molar-refractivity contribution < 1.29 is 4.39 Å². The van der Waals surface area contributed by atoms with E-state index >= 15 is 0 Å². The lowest BCUT2D eigenvalue weighted by Gasteiger charge is -2.25. The molecule has 1 atom stereocenters. The lowest BCUT2D eigenvalue weighted by Crippen LogP contribution is -2.47. The molecule has 0 saturated heterocycles. The highest BCUT2D eigenvalue weighted by Crippen LogP contribution is 2.19. The van der Waals surface area contributed by atoms with Crippen LogP contribution in [-0.2, 0) is 19.4 Å². The Morgan fingerprint density at radius 3 is 3.19 bits per heavy atom. The first-order valence-electron chi connectivity index (χ1n) is 9.25. The third-order valence-corrected chi connectivity index (χ3v) is 4.94. The van der Waals surface area contributed by atoms with Gasteiger partial charge < -0.3 is 15.6 Å². The summed E-state index contributed by atoms with van der Waals surface area (Å²) >= 11 is 0. The van der Waals surface area contributed by atoms with Gasteiger partial charge in [-0.1, -0.05) is 0 Å². The van der Waals surface area contributed by atoms with Gasteiger partial charge in [0.1, 0.15) is 17.5 Å². The highest BCUT2D eigenvalue weighted by atomic mass is 19.1. The van der Waals surface area contributed by atoms with Crippen LogP contribution in [0, 0.1) is 12.7 Å². The minimum absolute atomic E-state index is 0.214. The minimum Gasteiger partial charge on any atom is -0.361 e. The molecule has 7 nitrogen and oxygen atoms in total. The first kappa shape index (κ1) is 17.5. The van der Waals surface area contributed by atoms with Gasteiger partial charge in [0.2, 0.25) is 0 Å². The average Bonchev–Trinajstić information content (AvgIpc) is 3.22. The maximum Gasteiger partial charge on any atom is 0.191 e. The molecule has 2 aromatic heterocycles. The summed E-state index contributed by atoms with van der Waals surface area (Å²) in [7, 11) is 1.77. The average molecular weight is 369 g/mol. The van der Waals surface area contributed by atoms with Gasteiger partial charge in [-0.15, -0.1) is 0 Å². The largest absolute Gasteiger partial charge is 0.361 e. The fraction of sp³-hybridized carbons (Fsp3) is 0.421. The molecule has 3 aromatic rings. The zero-order valence-electron chi connectivity index (χ0n) is 15.6. The van der Waals surface area contributed by atoms with Crippen LogP contribution in [0.15, 0.2) is 29.4 Å². The van der Waals surface area contributed by atoms with Gasteiger partial charge in [-0.3, -0.25) is 4.99 Å². The highest BCUT2D eigenvalue weighted by Gasteiger charge is 2.21. The van der Waals surface area contributed by atoms with E-state index in [1.54, 1.807) is 19.2 Å². The number of aromatic nitrogens is 4. The molecule has 1 aliphatic rings. The summed E-state index contributed by atoms with van der Waals surface area (Å²) in [4.78, 5) is 12.0. The van der Waals surface area contributed by atoms with Crippen LogP contribution in [0.1, 0.15) is 23.6 Å². The molecule has 0 spiro atoms. The fourth-order valence-corrected chi connectivity index (χ4v) is 3.61. The Hall–Kier alpha value is -2.90. The number of H-pyrrole nitrogens is 1. The third-order valence-electron chi connectivity index (χ3n) is 4.94. The molecule has 0 fully saturated rings. The molecule has 0 bridgehead atoms. The van der Waals surface area contributed by atoms with Gasteiger partial charge in [-0.25, -0.2) is 14.1 Å². The van der Waals surface area contributed by atoms with E-state index in [2.05, 4.69) is 30.7 Å². The summed E-state index contributed by atoms with van der Waals surface area (Å²) in [6, 6.07) is 5.09. The van der Waals surface area contributed by atoms with Crippen LogP contribution in [-0.4, -0.2) is 45.3 Å². The summed E-state index contributed by atoms with van der Waals surface area (Å²) in [6.45, 7) is 3.42. The van der Waals surface area contributed by atoms with Gasteiger partial charge in [-0.2, -0.15) is 5.10 Å². The molecular weight excluding hydrogens is 345 g/mol. The van der Waals surface area contributed by atoms with Crippen LogP contribution in [0.5, 0.6) is 0 Å². The number of aromatic amines is 1. The van der Waals surface area contributed by atoms with Crippen molar-refractivity contribution in [2.24, 2.45) is 4.99 Å². The lowest BCUT2D eigenvalue weighted by atomic mass is 10.1. The molecule has 0 amide bonds. The zero-order chi connectivity index (χ0) is 18.8. The van der Waals surface area contributed by atoms with Crippen LogP contribution in [0.2, 0.25) is 0 Å². The van der Waals surface area contributed by atoms with Crippen LogP contribution in [0.25, 0.3) is 10.9 Å². The Kier molecular flexibility index (Phi) is 4.79. The third kappa shape index (κ3) is 3.79. The van der Waals surface area contributed by atoms with Gasteiger partial charge in [0.15, 0.2) is 5.96 Å². The molecule has 0 saturated carbocycles. The van der Waals surface area contributed by atoms with Crippen LogP contribution < -0.4 is 10.6 Å². The number of halogens is 1. The predicted molar refractivity (Wildman–Crippen MR) is 103 cm³/mol. The molecule has 0 radical (unpaired) electrons. The lowest BCUT2D eigenvalue weighted by molar-refractivity contribution is 0.392. The van der Waals surface area contributed by atoms with E-state index < -0.39 is 0 Å². The Morgan fingerprint density at radius 1 is 1.44 bits per heavy atom. The van der Waals surface area contributed by atoms with Crippen molar-refractivity contribution in [2.45, 2.75) is 38.8 Å². The standard InChI is InChI=1S/C19H24FN7/c1-12-24-18-6-4-15(11-27(18)26-12)25-19(21-2)22-8-7-13-10-23-17-5-3-14(20)9-16(13)17/h3,5,9-10,15,23H,4,6-8,11H2,1-2H3,(H2,21,22,25). The first-order valence-corrected chi connectivity index (χ1v) is 9.25. The Balaban J connectivity index is 1.32. The second kappa shape index (κ2) is 7.38. The Labute approximate surface area is 157 Å². The Morgan fingerprint density at radius 2 is 2.33 bits per heavy atom. The first-order chi connectivity index (χ1) is 13.1. The summed E-state index contributed by atoms with van der Waals surface area (Å²) in [6.07, 6.45) is 4.63. The van der Waals surface area contributed by atoms with E-state index in [-0.39, 0.29) is 11.9 Å². The molecule has 4 rings (SSSR count). The quantitative estimate of drug-likeness (QED) is 0.485. The zero-order valence-corrected chi connectivity index (χ0v) is 15.6. The van der Waals surface area contributed by atoms with Crippen molar-refractivity contribution in [1.82, 2.24) is 30.4 Å². The number of benzene rings is 1. The SMILES string of the molecule is CN=C(NCCc1c[nH]c2ccc(F)cc12)NC1CCc2nc(C)nn2C1. The molecule has 8 heteroatoms. The molecule has 1 unspecified atom stereocenters. The van der Waals surface area contributed by atoms with Crippen LogP contribution >= 0.6 is 0 Å². The van der Waals surface area contributed by atoms with Crippen molar-refractivity contribution in [2.75, 3.05) is 13.6 Å². The molecule has 1 aliphatic heterocycles. The Bertz CT molecular complexity index is 972. The van der Waals surface area contributed by atoms with E-state index in [1.807, 2.05) is 17.8 Å². The molecule has 3 N–H and O–H groups in total. The number of rotatable bonds is 4. The number of guanidine groups is 1. The van der Waals surface area contributed by atoms with E-state index in [4.69, 9.17) is 0 Å². The van der Waals surface area contributed by atoms with Crippen molar-refractivity contribution >= 4 is 16.9 Å².